The number of para-hydroxylation sites is 2. The summed E-state index contributed by atoms with van der Waals surface area (Å²) in [4.78, 5) is 10.1. The quantitative estimate of drug-likeness (QED) is 0.203. The number of hydrogen-bond donors (Lipinski definition) is 1. The molecule has 0 spiro atoms. The number of rotatable bonds is 5. The Morgan fingerprint density at radius 3 is 2.08 bits per heavy atom. The molecule has 0 radical (unpaired) electrons. The molecule has 0 saturated heterocycles. The molecule has 9 aromatic rings. The molecule has 5 heteroatoms. The lowest BCUT2D eigenvalue weighted by Crippen LogP contribution is -2.33. The minimum absolute atomic E-state index is 0.269. The van der Waals surface area contributed by atoms with Crippen molar-refractivity contribution in [2.75, 3.05) is 0 Å². The molecule has 50 heavy (non-hydrogen) atoms. The summed E-state index contributed by atoms with van der Waals surface area (Å²) in [6.45, 7) is 0. The van der Waals surface area contributed by atoms with Gasteiger partial charge in [-0.3, -0.25) is 0 Å². The second kappa shape index (κ2) is 11.5. The molecule has 2 aromatic heterocycles. The van der Waals surface area contributed by atoms with E-state index in [2.05, 4.69) is 143 Å². The van der Waals surface area contributed by atoms with Crippen molar-refractivity contribution in [3.8, 4) is 16.8 Å². The highest BCUT2D eigenvalue weighted by atomic mass is 16.3. The van der Waals surface area contributed by atoms with Gasteiger partial charge in [-0.1, -0.05) is 121 Å². The van der Waals surface area contributed by atoms with Gasteiger partial charge in [0.05, 0.1) is 11.0 Å². The Kier molecular flexibility index (Phi) is 6.49. The number of furan rings is 1. The van der Waals surface area contributed by atoms with Crippen molar-refractivity contribution in [2.24, 2.45) is 9.98 Å². The van der Waals surface area contributed by atoms with E-state index in [0.29, 0.717) is 5.84 Å². The van der Waals surface area contributed by atoms with Crippen molar-refractivity contribution in [1.29, 1.82) is 0 Å². The number of fused-ring (bicyclic) bond motifs is 6. The Bertz CT molecular complexity index is 2780. The fourth-order valence-corrected chi connectivity index (χ4v) is 7.33. The predicted molar refractivity (Wildman–Crippen MR) is 205 cm³/mol. The summed E-state index contributed by atoms with van der Waals surface area (Å²) in [5.41, 5.74) is 10.5. The van der Waals surface area contributed by atoms with Crippen molar-refractivity contribution >= 4 is 55.4 Å². The molecule has 0 aliphatic carbocycles. The van der Waals surface area contributed by atoms with Crippen LogP contribution in [-0.2, 0) is 0 Å². The summed E-state index contributed by atoms with van der Waals surface area (Å²) in [7, 11) is 0. The molecule has 1 atom stereocenters. The molecule has 236 valence electrons. The third-order valence-electron chi connectivity index (χ3n) is 9.66. The minimum Gasteiger partial charge on any atom is -0.456 e. The lowest BCUT2D eigenvalue weighted by atomic mass is 9.97. The summed E-state index contributed by atoms with van der Waals surface area (Å²) in [5, 5.41) is 8.21. The van der Waals surface area contributed by atoms with E-state index in [1.54, 1.807) is 0 Å². The average molecular weight is 643 g/mol. The lowest BCUT2D eigenvalue weighted by molar-refractivity contribution is 0.668. The van der Waals surface area contributed by atoms with E-state index in [1.165, 1.54) is 21.8 Å². The van der Waals surface area contributed by atoms with E-state index in [0.717, 1.165) is 61.3 Å². The van der Waals surface area contributed by atoms with E-state index in [1.807, 2.05) is 36.4 Å². The molecule has 1 aliphatic heterocycles. The third kappa shape index (κ3) is 4.63. The second-order valence-electron chi connectivity index (χ2n) is 12.6. The van der Waals surface area contributed by atoms with Gasteiger partial charge in [-0.2, -0.15) is 0 Å². The maximum absolute atomic E-state index is 6.48. The molecule has 0 amide bonds. The first-order valence-corrected chi connectivity index (χ1v) is 16.9. The van der Waals surface area contributed by atoms with Gasteiger partial charge in [0, 0.05) is 38.4 Å². The van der Waals surface area contributed by atoms with Crippen LogP contribution in [0.2, 0.25) is 0 Å². The van der Waals surface area contributed by atoms with E-state index in [-0.39, 0.29) is 6.17 Å². The van der Waals surface area contributed by atoms with Gasteiger partial charge in [-0.05, 0) is 65.2 Å². The summed E-state index contributed by atoms with van der Waals surface area (Å²) in [6.07, 6.45) is -0.269. The summed E-state index contributed by atoms with van der Waals surface area (Å²) >= 11 is 0. The number of aromatic nitrogens is 1. The van der Waals surface area contributed by atoms with E-state index >= 15 is 0 Å². The second-order valence-corrected chi connectivity index (χ2v) is 12.6. The molecule has 3 heterocycles. The zero-order chi connectivity index (χ0) is 33.0. The van der Waals surface area contributed by atoms with Crippen molar-refractivity contribution in [1.82, 2.24) is 9.88 Å². The van der Waals surface area contributed by atoms with E-state index in [9.17, 15) is 0 Å². The first kappa shape index (κ1) is 28.3. The van der Waals surface area contributed by atoms with Gasteiger partial charge in [-0.25, -0.2) is 9.98 Å². The number of nitrogens with one attached hydrogen (secondary N) is 1. The van der Waals surface area contributed by atoms with Gasteiger partial charge in [0.15, 0.2) is 5.84 Å². The summed E-state index contributed by atoms with van der Waals surface area (Å²) < 4.78 is 8.84. The lowest BCUT2D eigenvalue weighted by Gasteiger charge is -2.23. The summed E-state index contributed by atoms with van der Waals surface area (Å²) in [5.74, 6) is 1.48. The fraction of sp³-hybridized carbons (Fsp3) is 0.0222. The molecule has 7 aromatic carbocycles. The van der Waals surface area contributed by atoms with E-state index < -0.39 is 0 Å². The van der Waals surface area contributed by atoms with Crippen LogP contribution in [0.1, 0.15) is 22.9 Å². The molecule has 1 aliphatic rings. The molecule has 10 rings (SSSR count). The van der Waals surface area contributed by atoms with Gasteiger partial charge >= 0.3 is 0 Å². The Balaban J connectivity index is 1.14. The van der Waals surface area contributed by atoms with Crippen LogP contribution < -0.4 is 5.32 Å². The molecule has 1 unspecified atom stereocenters. The van der Waals surface area contributed by atoms with Crippen LogP contribution in [0.3, 0.4) is 0 Å². The highest BCUT2D eigenvalue weighted by Gasteiger charge is 2.22. The number of nitrogens with zero attached hydrogens (tertiary/aromatic N) is 3. The standard InChI is InChI=1S/C45H30N4O/c1-4-13-29(14-5-1)43-46-44(30-15-6-2-7-16-30)48-45(47-43)32-24-26-40-37(27-32)42-34(20-12-22-41(42)50-40)31-23-25-36-35-19-10-11-21-38(35)49(39(36)28-31)33-17-8-3-9-18-33/h1-28,43H,(H,46,47,48). The largest absolute Gasteiger partial charge is 0.456 e. The van der Waals surface area contributed by atoms with Crippen molar-refractivity contribution in [3.05, 3.63) is 187 Å². The predicted octanol–water partition coefficient (Wildman–Crippen LogP) is 10.8. The third-order valence-corrected chi connectivity index (χ3v) is 9.66. The fourth-order valence-electron chi connectivity index (χ4n) is 7.33. The van der Waals surface area contributed by atoms with Crippen LogP contribution in [-0.4, -0.2) is 16.2 Å². The SMILES string of the molecule is c1ccc(C2=NC(c3ccccc3)NC(c3ccc4oc5cccc(-c6ccc7c8ccccc8n(-c8ccccc8)c7c6)c5c4c3)=N2)cc1. The Morgan fingerprint density at radius 1 is 0.520 bits per heavy atom. The van der Waals surface area contributed by atoms with Crippen LogP contribution >= 0.6 is 0 Å². The zero-order valence-electron chi connectivity index (χ0n) is 27.0. The first-order chi connectivity index (χ1) is 24.8. The molecule has 5 nitrogen and oxygen atoms in total. The maximum Gasteiger partial charge on any atom is 0.159 e. The molecular formula is C45H30N4O. The molecule has 1 N–H and O–H groups in total. The van der Waals surface area contributed by atoms with Crippen molar-refractivity contribution < 1.29 is 4.42 Å². The Morgan fingerprint density at radius 2 is 1.24 bits per heavy atom. The van der Waals surface area contributed by atoms with Crippen molar-refractivity contribution in [3.63, 3.8) is 0 Å². The first-order valence-electron chi connectivity index (χ1n) is 16.9. The highest BCUT2D eigenvalue weighted by Crippen LogP contribution is 2.40. The zero-order valence-corrected chi connectivity index (χ0v) is 27.0. The maximum atomic E-state index is 6.48. The number of benzene rings is 7. The summed E-state index contributed by atoms with van der Waals surface area (Å²) in [6, 6.07) is 59.2. The molecule has 0 fully saturated rings. The van der Waals surface area contributed by atoms with Crippen LogP contribution in [0.15, 0.2) is 184 Å². The molecule has 0 saturated carbocycles. The number of hydrogen-bond acceptors (Lipinski definition) is 4. The van der Waals surface area contributed by atoms with Crippen LogP contribution in [0.4, 0.5) is 0 Å². The Labute approximate surface area is 288 Å². The Hall–Kier alpha value is -6.72. The van der Waals surface area contributed by atoms with Gasteiger partial charge < -0.3 is 14.3 Å². The molecule has 0 bridgehead atoms. The molecular weight excluding hydrogens is 613 g/mol. The van der Waals surface area contributed by atoms with Gasteiger partial charge in [0.25, 0.3) is 0 Å². The van der Waals surface area contributed by atoms with Crippen LogP contribution in [0, 0.1) is 0 Å². The number of aliphatic imine (C=N–C) groups is 2. The highest BCUT2D eigenvalue weighted by molar-refractivity contribution is 6.18. The minimum atomic E-state index is -0.269. The monoisotopic (exact) mass is 642 g/mol. The van der Waals surface area contributed by atoms with Gasteiger partial charge in [0.2, 0.25) is 0 Å². The van der Waals surface area contributed by atoms with Crippen LogP contribution in [0.25, 0.3) is 60.6 Å². The number of amidine groups is 2. The van der Waals surface area contributed by atoms with Crippen molar-refractivity contribution in [2.45, 2.75) is 6.17 Å². The van der Waals surface area contributed by atoms with Gasteiger partial charge in [-0.15, -0.1) is 0 Å². The average Bonchev–Trinajstić information content (AvgIpc) is 3.74. The van der Waals surface area contributed by atoms with Gasteiger partial charge in [0.1, 0.15) is 23.2 Å². The van der Waals surface area contributed by atoms with Crippen LogP contribution in [0.5, 0.6) is 0 Å². The van der Waals surface area contributed by atoms with E-state index in [4.69, 9.17) is 14.4 Å². The smallest absolute Gasteiger partial charge is 0.159 e. The normalized spacial score (nSPS) is 14.6. The topological polar surface area (TPSA) is 54.8 Å².